The van der Waals surface area contributed by atoms with Crippen LogP contribution in [0.25, 0.3) is 0 Å². The number of anilines is 3. The van der Waals surface area contributed by atoms with Crippen LogP contribution in [0.4, 0.5) is 17.5 Å². The average Bonchev–Trinajstić information content (AvgIpc) is 3.01. The van der Waals surface area contributed by atoms with E-state index in [-0.39, 0.29) is 30.4 Å². The van der Waals surface area contributed by atoms with Gasteiger partial charge in [0.15, 0.2) is 5.82 Å². The Morgan fingerprint density at radius 3 is 3.09 bits per heavy atom. The minimum absolute atomic E-state index is 0.0210. The van der Waals surface area contributed by atoms with E-state index < -0.39 is 6.80 Å². The van der Waals surface area contributed by atoms with Crippen molar-refractivity contribution in [2.45, 2.75) is 25.2 Å². The van der Waals surface area contributed by atoms with Gasteiger partial charge in [-0.1, -0.05) is 12.2 Å². The molecule has 0 amide bonds. The Bertz CT molecular complexity index is 678. The number of fused-ring (bicyclic) bond motifs is 1. The molecule has 0 aliphatic carbocycles. The van der Waals surface area contributed by atoms with Crippen LogP contribution in [0.1, 0.15) is 12.8 Å². The standard InChI is InChI=1S/C10H16N5O5PS/c11-10-13-8-7(9(16)14-10)12-4-15(8)6-2-1-5(20-6)3-19-21(17,18)22/h5-6,12H,1-4H2,(H2,17,18,22)(H3,11,13,14,16)/t5-,6+/m0/s1. The van der Waals surface area contributed by atoms with Crippen LogP contribution in [0.15, 0.2) is 4.79 Å². The summed E-state index contributed by atoms with van der Waals surface area (Å²) in [6, 6.07) is 0. The lowest BCUT2D eigenvalue weighted by molar-refractivity contribution is 0.0165. The number of aromatic amines is 1. The Morgan fingerprint density at radius 2 is 2.36 bits per heavy atom. The number of nitrogens with one attached hydrogen (secondary N) is 2. The fraction of sp³-hybridized carbons (Fsp3) is 0.600. The third-order valence-electron chi connectivity index (χ3n) is 3.48. The number of aromatic nitrogens is 2. The van der Waals surface area contributed by atoms with E-state index in [9.17, 15) is 9.36 Å². The van der Waals surface area contributed by atoms with Crippen LogP contribution in [0.2, 0.25) is 0 Å². The van der Waals surface area contributed by atoms with Crippen LogP contribution in [0.5, 0.6) is 0 Å². The molecular weight excluding hydrogens is 333 g/mol. The van der Waals surface area contributed by atoms with Crippen LogP contribution in [-0.4, -0.2) is 40.5 Å². The first kappa shape index (κ1) is 15.6. The zero-order chi connectivity index (χ0) is 15.9. The number of hydrogen-bond acceptors (Lipinski definition) is 8. The summed E-state index contributed by atoms with van der Waals surface area (Å²) >= 11 is 3.45. The zero-order valence-corrected chi connectivity index (χ0v) is 13.2. The number of rotatable bonds is 4. The predicted molar refractivity (Wildman–Crippen MR) is 82.9 cm³/mol. The summed E-state index contributed by atoms with van der Waals surface area (Å²) < 4.78 is 21.5. The van der Waals surface area contributed by atoms with E-state index in [1.807, 2.05) is 0 Å². The fourth-order valence-electron chi connectivity index (χ4n) is 2.54. The van der Waals surface area contributed by atoms with Crippen molar-refractivity contribution < 1.29 is 18.7 Å². The van der Waals surface area contributed by atoms with Gasteiger partial charge in [0.1, 0.15) is 11.9 Å². The number of nitrogen functional groups attached to an aromatic ring is 1. The first-order valence-corrected chi connectivity index (χ1v) is 9.32. The lowest BCUT2D eigenvalue weighted by Crippen LogP contribution is -2.36. The molecule has 0 spiro atoms. The molecular formula is C10H16N5O5PS. The molecule has 0 bridgehead atoms. The van der Waals surface area contributed by atoms with E-state index in [1.165, 1.54) is 0 Å². The second kappa shape index (κ2) is 5.74. The largest absolute Gasteiger partial charge is 0.383 e. The molecule has 2 aliphatic heterocycles. The van der Waals surface area contributed by atoms with Gasteiger partial charge in [0.05, 0.1) is 19.4 Å². The summed E-state index contributed by atoms with van der Waals surface area (Å²) in [4.78, 5) is 29.1. The highest BCUT2D eigenvalue weighted by molar-refractivity contribution is 8.44. The van der Waals surface area contributed by atoms with E-state index in [2.05, 4.69) is 27.5 Å². The third-order valence-corrected chi connectivity index (χ3v) is 4.31. The predicted octanol–water partition coefficient (Wildman–Crippen LogP) is 0.0934. The Labute approximate surface area is 130 Å². The van der Waals surface area contributed by atoms with Gasteiger partial charge in [-0.15, -0.1) is 0 Å². The van der Waals surface area contributed by atoms with Crippen LogP contribution in [0, 0.1) is 0 Å². The number of H-pyrrole nitrogens is 1. The molecule has 1 fully saturated rings. The van der Waals surface area contributed by atoms with Crippen molar-refractivity contribution in [2.24, 2.45) is 0 Å². The molecule has 3 heterocycles. The van der Waals surface area contributed by atoms with Crippen LogP contribution in [0.3, 0.4) is 0 Å². The Balaban J connectivity index is 1.69. The summed E-state index contributed by atoms with van der Waals surface area (Å²) in [6.45, 7) is -3.46. The number of nitrogens with two attached hydrogens (primary N) is 1. The number of hydrogen-bond donors (Lipinski definition) is 5. The molecule has 1 aromatic rings. The highest BCUT2D eigenvalue weighted by atomic mass is 32.7. The lowest BCUT2D eigenvalue weighted by Gasteiger charge is -2.24. The number of thiol groups is 1. The maximum absolute atomic E-state index is 11.8. The van der Waals surface area contributed by atoms with Crippen LogP contribution < -0.4 is 21.5 Å². The second-order valence-electron chi connectivity index (χ2n) is 5.03. The maximum Gasteiger partial charge on any atom is 0.383 e. The van der Waals surface area contributed by atoms with E-state index >= 15 is 0 Å². The van der Waals surface area contributed by atoms with Crippen LogP contribution in [-0.2, 0) is 13.8 Å². The van der Waals surface area contributed by atoms with E-state index in [0.717, 1.165) is 0 Å². The van der Waals surface area contributed by atoms with Crippen molar-refractivity contribution in [3.8, 4) is 0 Å². The Morgan fingerprint density at radius 1 is 1.59 bits per heavy atom. The minimum atomic E-state index is -3.82. The minimum Gasteiger partial charge on any atom is -0.369 e. The summed E-state index contributed by atoms with van der Waals surface area (Å²) in [5.41, 5.74) is 5.59. The quantitative estimate of drug-likeness (QED) is 0.377. The van der Waals surface area contributed by atoms with Gasteiger partial charge >= 0.3 is 6.80 Å². The van der Waals surface area contributed by atoms with Crippen LogP contribution >= 0.6 is 19.0 Å². The van der Waals surface area contributed by atoms with E-state index in [0.29, 0.717) is 31.0 Å². The van der Waals surface area contributed by atoms with Gasteiger partial charge < -0.3 is 25.6 Å². The van der Waals surface area contributed by atoms with Gasteiger partial charge in [0.2, 0.25) is 5.95 Å². The van der Waals surface area contributed by atoms with Gasteiger partial charge in [0, 0.05) is 0 Å². The molecule has 122 valence electrons. The molecule has 0 aromatic carbocycles. The summed E-state index contributed by atoms with van der Waals surface area (Å²) in [6.07, 6.45) is 0.699. The summed E-state index contributed by atoms with van der Waals surface area (Å²) in [5, 5.41) is 2.95. The molecule has 2 aliphatic rings. The highest BCUT2D eigenvalue weighted by Gasteiger charge is 2.36. The Kier molecular flexibility index (Phi) is 4.08. The van der Waals surface area contributed by atoms with Crippen molar-refractivity contribution in [3.05, 3.63) is 10.4 Å². The summed E-state index contributed by atoms with van der Waals surface area (Å²) in [5.74, 6) is 0.474. The normalized spacial score (nSPS) is 26.5. The first-order valence-electron chi connectivity index (χ1n) is 6.59. The molecule has 3 atom stereocenters. The molecule has 10 nitrogen and oxygen atoms in total. The smallest absolute Gasteiger partial charge is 0.369 e. The molecule has 12 heteroatoms. The lowest BCUT2D eigenvalue weighted by atomic mass is 10.2. The zero-order valence-electron chi connectivity index (χ0n) is 11.4. The molecule has 22 heavy (non-hydrogen) atoms. The van der Waals surface area contributed by atoms with E-state index in [1.54, 1.807) is 4.90 Å². The van der Waals surface area contributed by atoms with Gasteiger partial charge in [-0.05, 0) is 12.8 Å². The molecule has 3 rings (SSSR count). The van der Waals surface area contributed by atoms with Crippen molar-refractivity contribution >= 4 is 36.5 Å². The van der Waals surface area contributed by atoms with Gasteiger partial charge in [0.25, 0.3) is 5.56 Å². The van der Waals surface area contributed by atoms with Gasteiger partial charge in [-0.3, -0.25) is 14.3 Å². The first-order chi connectivity index (χ1) is 10.3. The molecule has 0 saturated carbocycles. The maximum atomic E-state index is 11.8. The molecule has 5 N–H and O–H groups in total. The fourth-order valence-corrected chi connectivity index (χ4v) is 3.10. The number of ether oxygens (including phenoxy) is 1. The van der Waals surface area contributed by atoms with Crippen molar-refractivity contribution in [1.29, 1.82) is 0 Å². The number of nitrogens with zero attached hydrogens (tertiary/aromatic N) is 2. The monoisotopic (exact) mass is 349 g/mol. The van der Waals surface area contributed by atoms with Crippen molar-refractivity contribution in [2.75, 3.05) is 29.2 Å². The van der Waals surface area contributed by atoms with Crippen molar-refractivity contribution in [1.82, 2.24) is 9.97 Å². The second-order valence-corrected chi connectivity index (χ2v) is 7.79. The van der Waals surface area contributed by atoms with Gasteiger partial charge in [-0.25, -0.2) is 4.57 Å². The summed E-state index contributed by atoms with van der Waals surface area (Å²) in [7, 11) is 0. The Hall–Kier alpha value is -1.26. The molecule has 0 radical (unpaired) electrons. The van der Waals surface area contributed by atoms with Crippen molar-refractivity contribution in [3.63, 3.8) is 0 Å². The third kappa shape index (κ3) is 3.23. The topological polar surface area (TPSA) is 143 Å². The highest BCUT2D eigenvalue weighted by Crippen LogP contribution is 2.47. The molecule has 1 saturated heterocycles. The van der Waals surface area contributed by atoms with Gasteiger partial charge in [-0.2, -0.15) is 4.98 Å². The molecule has 1 unspecified atom stereocenters. The molecule has 1 aromatic heterocycles. The van der Waals surface area contributed by atoms with E-state index in [4.69, 9.17) is 19.9 Å². The SMILES string of the molecule is Nc1nc2c(c(=O)[nH]1)NCN2[C@H]1CC[C@@H](COP(=O)(O)S)O1. The average molecular weight is 349 g/mol.